The van der Waals surface area contributed by atoms with Crippen LogP contribution in [-0.4, -0.2) is 30.8 Å². The summed E-state index contributed by atoms with van der Waals surface area (Å²) in [5.41, 5.74) is 0.900. The molecule has 0 saturated carbocycles. The summed E-state index contributed by atoms with van der Waals surface area (Å²) in [6, 6.07) is 5.62. The van der Waals surface area contributed by atoms with Crippen LogP contribution < -0.4 is 14.8 Å². The van der Waals surface area contributed by atoms with E-state index >= 15 is 0 Å². The van der Waals surface area contributed by atoms with Crippen molar-refractivity contribution in [2.24, 2.45) is 0 Å². The molecule has 5 nitrogen and oxygen atoms in total. The standard InChI is InChI=1S/C14H21NO4/c1-3-18-12-8-7-11(10-13(12)19-4-2)15-9-5-6-14(16)17/h7-8,10,15H,3-6,9H2,1-2H3,(H,16,17). The van der Waals surface area contributed by atoms with Gasteiger partial charge in [0.1, 0.15) is 0 Å². The van der Waals surface area contributed by atoms with Crippen molar-refractivity contribution in [3.8, 4) is 11.5 Å². The Hall–Kier alpha value is -1.91. The number of hydrogen-bond donors (Lipinski definition) is 2. The van der Waals surface area contributed by atoms with Crippen molar-refractivity contribution < 1.29 is 19.4 Å². The van der Waals surface area contributed by atoms with Crippen LogP contribution in [0.4, 0.5) is 5.69 Å². The molecule has 0 aliphatic heterocycles. The molecule has 2 N–H and O–H groups in total. The molecule has 106 valence electrons. The molecule has 19 heavy (non-hydrogen) atoms. The lowest BCUT2D eigenvalue weighted by atomic mass is 10.2. The number of rotatable bonds is 9. The Morgan fingerprint density at radius 2 is 1.89 bits per heavy atom. The number of ether oxygens (including phenoxy) is 2. The number of carbonyl (C=O) groups is 1. The Morgan fingerprint density at radius 1 is 1.21 bits per heavy atom. The van der Waals surface area contributed by atoms with E-state index in [1.165, 1.54) is 0 Å². The second-order valence-corrected chi connectivity index (χ2v) is 3.95. The van der Waals surface area contributed by atoms with Gasteiger partial charge >= 0.3 is 5.97 Å². The van der Waals surface area contributed by atoms with Gasteiger partial charge in [-0.2, -0.15) is 0 Å². The highest BCUT2D eigenvalue weighted by molar-refractivity contribution is 5.66. The Balaban J connectivity index is 2.58. The minimum absolute atomic E-state index is 0.169. The van der Waals surface area contributed by atoms with Gasteiger partial charge in [-0.05, 0) is 32.4 Å². The quantitative estimate of drug-likeness (QED) is 0.673. The minimum Gasteiger partial charge on any atom is -0.490 e. The van der Waals surface area contributed by atoms with E-state index in [0.717, 1.165) is 11.4 Å². The first-order valence-electron chi connectivity index (χ1n) is 6.52. The van der Waals surface area contributed by atoms with Gasteiger partial charge in [0.05, 0.1) is 13.2 Å². The molecule has 1 rings (SSSR count). The second kappa shape index (κ2) is 8.24. The zero-order chi connectivity index (χ0) is 14.1. The summed E-state index contributed by atoms with van der Waals surface area (Å²) in [5.74, 6) is 0.650. The van der Waals surface area contributed by atoms with Gasteiger partial charge in [-0.25, -0.2) is 0 Å². The highest BCUT2D eigenvalue weighted by Crippen LogP contribution is 2.30. The number of nitrogens with one attached hydrogen (secondary N) is 1. The van der Waals surface area contributed by atoms with Crippen molar-refractivity contribution in [3.05, 3.63) is 18.2 Å². The molecule has 0 unspecified atom stereocenters. The van der Waals surface area contributed by atoms with Crippen LogP contribution in [0.5, 0.6) is 11.5 Å². The Kier molecular flexibility index (Phi) is 6.57. The number of benzene rings is 1. The maximum absolute atomic E-state index is 10.4. The third-order valence-corrected chi connectivity index (χ3v) is 2.44. The van der Waals surface area contributed by atoms with Crippen molar-refractivity contribution in [3.63, 3.8) is 0 Å². The van der Waals surface area contributed by atoms with Crippen LogP contribution in [0.15, 0.2) is 18.2 Å². The zero-order valence-corrected chi connectivity index (χ0v) is 11.4. The van der Waals surface area contributed by atoms with Crippen LogP contribution in [0.1, 0.15) is 26.7 Å². The Morgan fingerprint density at radius 3 is 2.53 bits per heavy atom. The molecule has 0 aliphatic carbocycles. The van der Waals surface area contributed by atoms with Gasteiger partial charge in [0.2, 0.25) is 0 Å². The van der Waals surface area contributed by atoms with Crippen molar-refractivity contribution in [2.75, 3.05) is 25.1 Å². The monoisotopic (exact) mass is 267 g/mol. The van der Waals surface area contributed by atoms with Gasteiger partial charge in [-0.3, -0.25) is 4.79 Å². The van der Waals surface area contributed by atoms with Crippen LogP contribution in [0, 0.1) is 0 Å². The highest BCUT2D eigenvalue weighted by Gasteiger charge is 2.06. The van der Waals surface area contributed by atoms with Crippen molar-refractivity contribution in [1.29, 1.82) is 0 Å². The van der Waals surface area contributed by atoms with E-state index in [9.17, 15) is 4.79 Å². The van der Waals surface area contributed by atoms with Gasteiger partial charge in [0, 0.05) is 24.7 Å². The number of carboxylic acids is 1. The smallest absolute Gasteiger partial charge is 0.303 e. The zero-order valence-electron chi connectivity index (χ0n) is 11.4. The van der Waals surface area contributed by atoms with Crippen molar-refractivity contribution >= 4 is 11.7 Å². The summed E-state index contributed by atoms with van der Waals surface area (Å²) < 4.78 is 11.0. The van der Waals surface area contributed by atoms with E-state index in [1.54, 1.807) is 0 Å². The topological polar surface area (TPSA) is 67.8 Å². The van der Waals surface area contributed by atoms with Crippen molar-refractivity contribution in [2.45, 2.75) is 26.7 Å². The predicted octanol–water partition coefficient (Wildman–Crippen LogP) is 2.76. The second-order valence-electron chi connectivity index (χ2n) is 3.95. The van der Waals surface area contributed by atoms with E-state index in [-0.39, 0.29) is 6.42 Å². The van der Waals surface area contributed by atoms with Gasteiger partial charge in [0.15, 0.2) is 11.5 Å². The molecule has 0 spiro atoms. The van der Waals surface area contributed by atoms with Gasteiger partial charge in [-0.1, -0.05) is 0 Å². The van der Waals surface area contributed by atoms with Crippen LogP contribution >= 0.6 is 0 Å². The number of carboxylic acid groups (broad SMARTS) is 1. The third-order valence-electron chi connectivity index (χ3n) is 2.44. The predicted molar refractivity (Wildman–Crippen MR) is 74.1 cm³/mol. The molecule has 0 bridgehead atoms. The molecule has 1 aromatic carbocycles. The maximum Gasteiger partial charge on any atom is 0.303 e. The molecule has 0 heterocycles. The van der Waals surface area contributed by atoms with E-state index < -0.39 is 5.97 Å². The van der Waals surface area contributed by atoms with Crippen LogP contribution in [0.3, 0.4) is 0 Å². The number of aliphatic carboxylic acids is 1. The van der Waals surface area contributed by atoms with Crippen LogP contribution in [0.25, 0.3) is 0 Å². The summed E-state index contributed by atoms with van der Waals surface area (Å²) in [6.07, 6.45) is 0.759. The first kappa shape index (κ1) is 15.1. The van der Waals surface area contributed by atoms with Crippen LogP contribution in [-0.2, 0) is 4.79 Å². The SMILES string of the molecule is CCOc1ccc(NCCCC(=O)O)cc1OCC. The molecule has 0 amide bonds. The van der Waals surface area contributed by atoms with E-state index in [0.29, 0.717) is 31.9 Å². The largest absolute Gasteiger partial charge is 0.490 e. The minimum atomic E-state index is -0.775. The van der Waals surface area contributed by atoms with E-state index in [1.807, 2.05) is 32.0 Å². The number of hydrogen-bond acceptors (Lipinski definition) is 4. The molecular weight excluding hydrogens is 246 g/mol. The van der Waals surface area contributed by atoms with Crippen molar-refractivity contribution in [1.82, 2.24) is 0 Å². The maximum atomic E-state index is 10.4. The lowest BCUT2D eigenvalue weighted by molar-refractivity contribution is -0.137. The molecule has 0 aromatic heterocycles. The summed E-state index contributed by atoms with van der Waals surface area (Å²) in [5, 5.41) is 11.7. The molecule has 0 saturated heterocycles. The van der Waals surface area contributed by atoms with E-state index in [4.69, 9.17) is 14.6 Å². The fourth-order valence-electron chi connectivity index (χ4n) is 1.63. The molecule has 0 aliphatic rings. The lowest BCUT2D eigenvalue weighted by Crippen LogP contribution is -2.05. The average molecular weight is 267 g/mol. The van der Waals surface area contributed by atoms with Crippen LogP contribution in [0.2, 0.25) is 0 Å². The summed E-state index contributed by atoms with van der Waals surface area (Å²) in [7, 11) is 0. The Labute approximate surface area is 113 Å². The Bertz CT molecular complexity index is 406. The lowest BCUT2D eigenvalue weighted by Gasteiger charge is -2.13. The summed E-state index contributed by atoms with van der Waals surface area (Å²) in [6.45, 7) is 5.62. The number of anilines is 1. The van der Waals surface area contributed by atoms with Gasteiger partial charge in [0.25, 0.3) is 0 Å². The molecule has 0 atom stereocenters. The molecule has 0 radical (unpaired) electrons. The third kappa shape index (κ3) is 5.50. The highest BCUT2D eigenvalue weighted by atomic mass is 16.5. The van der Waals surface area contributed by atoms with E-state index in [2.05, 4.69) is 5.32 Å². The van der Waals surface area contributed by atoms with Gasteiger partial charge < -0.3 is 19.9 Å². The first-order valence-corrected chi connectivity index (χ1v) is 6.52. The molecule has 1 aromatic rings. The molecular formula is C14H21NO4. The fraction of sp³-hybridized carbons (Fsp3) is 0.500. The first-order chi connectivity index (χ1) is 9.17. The molecule has 5 heteroatoms. The van der Waals surface area contributed by atoms with Gasteiger partial charge in [-0.15, -0.1) is 0 Å². The molecule has 0 fully saturated rings. The fourth-order valence-corrected chi connectivity index (χ4v) is 1.63. The normalized spacial score (nSPS) is 10.0. The average Bonchev–Trinajstić information content (AvgIpc) is 2.38. The summed E-state index contributed by atoms with van der Waals surface area (Å²) in [4.78, 5) is 10.4. The summed E-state index contributed by atoms with van der Waals surface area (Å²) >= 11 is 0.